The standard InChI is InChI=1S/C21H34N4O2S/c1-8-24(9-2)19(18-13-11-10-12-14-18)15-22-28(26,27)20-16(3)23-25(17(20)4)21(5,6)7/h10-14,19,22H,8-9,15H2,1-7H3. The van der Waals surface area contributed by atoms with Crippen molar-refractivity contribution in [1.82, 2.24) is 19.4 Å². The summed E-state index contributed by atoms with van der Waals surface area (Å²) in [4.78, 5) is 2.55. The van der Waals surface area contributed by atoms with E-state index in [1.165, 1.54) is 0 Å². The Morgan fingerprint density at radius 1 is 1.11 bits per heavy atom. The van der Waals surface area contributed by atoms with Gasteiger partial charge in [-0.05, 0) is 53.3 Å². The van der Waals surface area contributed by atoms with Crippen LogP contribution in [0.25, 0.3) is 0 Å². The number of sulfonamides is 1. The molecule has 7 heteroatoms. The molecule has 0 fully saturated rings. The van der Waals surface area contributed by atoms with Crippen LogP contribution in [0.2, 0.25) is 0 Å². The van der Waals surface area contributed by atoms with Gasteiger partial charge in [0, 0.05) is 12.6 Å². The van der Waals surface area contributed by atoms with Gasteiger partial charge in [0.1, 0.15) is 4.90 Å². The number of nitrogens with one attached hydrogen (secondary N) is 1. The van der Waals surface area contributed by atoms with Crippen LogP contribution in [-0.2, 0) is 15.6 Å². The molecule has 156 valence electrons. The van der Waals surface area contributed by atoms with Crippen molar-refractivity contribution >= 4 is 10.0 Å². The van der Waals surface area contributed by atoms with E-state index >= 15 is 0 Å². The number of hydrogen-bond acceptors (Lipinski definition) is 4. The summed E-state index contributed by atoms with van der Waals surface area (Å²) in [6.45, 7) is 15.8. The molecule has 1 N–H and O–H groups in total. The molecule has 1 aromatic carbocycles. The van der Waals surface area contributed by atoms with Gasteiger partial charge >= 0.3 is 0 Å². The lowest BCUT2D eigenvalue weighted by Crippen LogP contribution is -2.38. The Hall–Kier alpha value is -1.70. The summed E-state index contributed by atoms with van der Waals surface area (Å²) in [5.74, 6) is 0. The summed E-state index contributed by atoms with van der Waals surface area (Å²) in [6, 6.07) is 10.0. The van der Waals surface area contributed by atoms with E-state index in [9.17, 15) is 8.42 Å². The molecular weight excluding hydrogens is 372 g/mol. The molecule has 6 nitrogen and oxygen atoms in total. The molecule has 28 heavy (non-hydrogen) atoms. The number of rotatable bonds is 8. The second-order valence-electron chi connectivity index (χ2n) is 8.08. The van der Waals surface area contributed by atoms with E-state index in [1.807, 2.05) is 58.0 Å². The quantitative estimate of drug-likeness (QED) is 0.727. The van der Waals surface area contributed by atoms with E-state index in [4.69, 9.17) is 0 Å². The predicted octanol–water partition coefficient (Wildman–Crippen LogP) is 3.62. The van der Waals surface area contributed by atoms with Crippen molar-refractivity contribution in [3.8, 4) is 0 Å². The lowest BCUT2D eigenvalue weighted by Gasteiger charge is -2.30. The first-order valence-electron chi connectivity index (χ1n) is 9.88. The smallest absolute Gasteiger partial charge is 0.244 e. The number of benzene rings is 1. The summed E-state index contributed by atoms with van der Waals surface area (Å²) in [7, 11) is -3.67. The van der Waals surface area contributed by atoms with Gasteiger partial charge in [-0.3, -0.25) is 9.58 Å². The van der Waals surface area contributed by atoms with Crippen LogP contribution < -0.4 is 4.72 Å². The van der Waals surface area contributed by atoms with E-state index < -0.39 is 10.0 Å². The maximum absolute atomic E-state index is 13.2. The Morgan fingerprint density at radius 2 is 1.68 bits per heavy atom. The van der Waals surface area contributed by atoms with Crippen molar-refractivity contribution in [3.63, 3.8) is 0 Å². The summed E-state index contributed by atoms with van der Waals surface area (Å²) < 4.78 is 31.0. The molecular formula is C21H34N4O2S. The highest BCUT2D eigenvalue weighted by atomic mass is 32.2. The molecule has 0 spiro atoms. The van der Waals surface area contributed by atoms with E-state index in [-0.39, 0.29) is 16.5 Å². The average Bonchev–Trinajstić information content (AvgIpc) is 2.94. The third-order valence-electron chi connectivity index (χ3n) is 5.03. The molecule has 0 saturated heterocycles. The zero-order valence-electron chi connectivity index (χ0n) is 18.2. The summed E-state index contributed by atoms with van der Waals surface area (Å²) in [6.07, 6.45) is 0. The van der Waals surface area contributed by atoms with Crippen LogP contribution in [-0.4, -0.2) is 42.7 Å². The molecule has 0 amide bonds. The lowest BCUT2D eigenvalue weighted by molar-refractivity contribution is 0.220. The highest BCUT2D eigenvalue weighted by Gasteiger charge is 2.29. The van der Waals surface area contributed by atoms with E-state index in [0.717, 1.165) is 18.7 Å². The Morgan fingerprint density at radius 3 is 2.14 bits per heavy atom. The highest BCUT2D eigenvalue weighted by Crippen LogP contribution is 2.26. The Balaban J connectivity index is 2.34. The minimum absolute atomic E-state index is 0.0238. The average molecular weight is 407 g/mol. The molecule has 1 atom stereocenters. The maximum Gasteiger partial charge on any atom is 0.244 e. The van der Waals surface area contributed by atoms with Crippen molar-refractivity contribution < 1.29 is 8.42 Å². The first-order valence-corrected chi connectivity index (χ1v) is 11.4. The minimum Gasteiger partial charge on any atom is -0.296 e. The van der Waals surface area contributed by atoms with Crippen molar-refractivity contribution in [3.05, 3.63) is 47.3 Å². The van der Waals surface area contributed by atoms with Gasteiger partial charge in [0.2, 0.25) is 10.0 Å². The van der Waals surface area contributed by atoms with Crippen LogP contribution in [0.15, 0.2) is 35.2 Å². The van der Waals surface area contributed by atoms with E-state index in [1.54, 1.807) is 11.6 Å². The highest BCUT2D eigenvalue weighted by molar-refractivity contribution is 7.89. The maximum atomic E-state index is 13.2. The van der Waals surface area contributed by atoms with Crippen LogP contribution >= 0.6 is 0 Å². The fourth-order valence-corrected chi connectivity index (χ4v) is 5.16. The first kappa shape index (κ1) is 22.6. The van der Waals surface area contributed by atoms with Crippen LogP contribution in [0.3, 0.4) is 0 Å². The minimum atomic E-state index is -3.67. The van der Waals surface area contributed by atoms with Gasteiger partial charge in [0.05, 0.1) is 16.9 Å². The molecule has 0 bridgehead atoms. The van der Waals surface area contributed by atoms with Gasteiger partial charge in [-0.25, -0.2) is 13.1 Å². The van der Waals surface area contributed by atoms with E-state index in [2.05, 4.69) is 28.6 Å². The largest absolute Gasteiger partial charge is 0.296 e. The summed E-state index contributed by atoms with van der Waals surface area (Å²) in [5.41, 5.74) is 2.01. The fraction of sp³-hybridized carbons (Fsp3) is 0.571. The number of aryl methyl sites for hydroxylation is 1. The second kappa shape index (κ2) is 8.76. The van der Waals surface area contributed by atoms with Gasteiger partial charge < -0.3 is 0 Å². The van der Waals surface area contributed by atoms with Crippen LogP contribution in [0.5, 0.6) is 0 Å². The zero-order chi connectivity index (χ0) is 21.1. The lowest BCUT2D eigenvalue weighted by atomic mass is 10.1. The van der Waals surface area contributed by atoms with Crippen LogP contribution in [0, 0.1) is 13.8 Å². The van der Waals surface area contributed by atoms with Crippen LogP contribution in [0.1, 0.15) is 57.6 Å². The monoisotopic (exact) mass is 406 g/mol. The Bertz CT molecular complexity index is 879. The molecule has 2 rings (SSSR count). The zero-order valence-corrected chi connectivity index (χ0v) is 19.0. The van der Waals surface area contributed by atoms with Gasteiger partial charge in [-0.1, -0.05) is 44.2 Å². The Kier molecular flexibility index (Phi) is 7.07. The molecule has 0 saturated carbocycles. The second-order valence-corrected chi connectivity index (χ2v) is 9.79. The molecule has 0 aliphatic heterocycles. The molecule has 0 aliphatic rings. The van der Waals surface area contributed by atoms with Gasteiger partial charge in [-0.15, -0.1) is 0 Å². The predicted molar refractivity (Wildman–Crippen MR) is 114 cm³/mol. The molecule has 1 unspecified atom stereocenters. The van der Waals surface area contributed by atoms with Crippen molar-refractivity contribution in [2.45, 2.75) is 64.9 Å². The summed E-state index contributed by atoms with van der Waals surface area (Å²) in [5, 5.41) is 4.49. The third kappa shape index (κ3) is 4.82. The molecule has 0 aliphatic carbocycles. The first-order chi connectivity index (χ1) is 13.0. The van der Waals surface area contributed by atoms with Crippen LogP contribution in [0.4, 0.5) is 0 Å². The number of nitrogens with zero attached hydrogens (tertiary/aromatic N) is 3. The number of aromatic nitrogens is 2. The molecule has 1 aromatic heterocycles. The normalized spacial score (nSPS) is 13.9. The van der Waals surface area contributed by atoms with Gasteiger partial charge in [0.15, 0.2) is 0 Å². The molecule has 0 radical (unpaired) electrons. The number of hydrogen-bond donors (Lipinski definition) is 1. The number of likely N-dealkylation sites (N-methyl/N-ethyl adjacent to an activating group) is 1. The van der Waals surface area contributed by atoms with Gasteiger partial charge in [0.25, 0.3) is 0 Å². The Labute approximate surface area is 170 Å². The summed E-state index contributed by atoms with van der Waals surface area (Å²) >= 11 is 0. The van der Waals surface area contributed by atoms with Crippen molar-refractivity contribution in [2.24, 2.45) is 0 Å². The van der Waals surface area contributed by atoms with Crippen molar-refractivity contribution in [1.29, 1.82) is 0 Å². The third-order valence-corrected chi connectivity index (χ3v) is 6.71. The SMILES string of the molecule is CCN(CC)C(CNS(=O)(=O)c1c(C)nn(C(C)(C)C)c1C)c1ccccc1. The fourth-order valence-electron chi connectivity index (χ4n) is 3.73. The topological polar surface area (TPSA) is 67.2 Å². The van der Waals surface area contributed by atoms with E-state index in [0.29, 0.717) is 17.9 Å². The van der Waals surface area contributed by atoms with Crippen molar-refractivity contribution in [2.75, 3.05) is 19.6 Å². The van der Waals surface area contributed by atoms with Gasteiger partial charge in [-0.2, -0.15) is 5.10 Å². The molecule has 2 aromatic rings. The molecule has 1 heterocycles.